The van der Waals surface area contributed by atoms with E-state index in [0.29, 0.717) is 17.2 Å². The lowest BCUT2D eigenvalue weighted by atomic mass is 10.2. The summed E-state index contributed by atoms with van der Waals surface area (Å²) in [6.45, 7) is 0. The van der Waals surface area contributed by atoms with Crippen LogP contribution in [0.2, 0.25) is 0 Å². The molecule has 0 aromatic heterocycles. The van der Waals surface area contributed by atoms with Crippen molar-refractivity contribution < 1.29 is 13.9 Å². The molecule has 0 radical (unpaired) electrons. The van der Waals surface area contributed by atoms with Crippen LogP contribution < -0.4 is 20.1 Å². The van der Waals surface area contributed by atoms with E-state index in [-0.39, 0.29) is 5.69 Å². The highest BCUT2D eigenvalue weighted by Crippen LogP contribution is 2.34. The molecule has 0 fully saturated rings. The van der Waals surface area contributed by atoms with Crippen molar-refractivity contribution in [2.24, 2.45) is 0 Å². The normalized spacial score (nSPS) is 10.2. The fourth-order valence-electron chi connectivity index (χ4n) is 1.95. The van der Waals surface area contributed by atoms with Crippen molar-refractivity contribution in [3.05, 3.63) is 42.2 Å². The summed E-state index contributed by atoms with van der Waals surface area (Å²) in [4.78, 5) is 1.71. The van der Waals surface area contributed by atoms with Gasteiger partial charge in [-0.2, -0.15) is 0 Å². The van der Waals surface area contributed by atoms with Crippen LogP contribution in [-0.4, -0.2) is 21.3 Å². The molecule has 0 atom stereocenters. The summed E-state index contributed by atoms with van der Waals surface area (Å²) in [6, 6.07) is 10.2. The molecule has 2 aromatic rings. The number of nitrogen functional groups attached to an aromatic ring is 1. The summed E-state index contributed by atoms with van der Waals surface area (Å²) in [7, 11) is 4.85. The van der Waals surface area contributed by atoms with Gasteiger partial charge < -0.3 is 20.1 Å². The first-order valence-corrected chi connectivity index (χ1v) is 6.07. The fraction of sp³-hybridized carbons (Fsp3) is 0.200. The van der Waals surface area contributed by atoms with E-state index in [0.717, 1.165) is 5.69 Å². The highest BCUT2D eigenvalue weighted by molar-refractivity contribution is 5.69. The van der Waals surface area contributed by atoms with Gasteiger partial charge in [0.2, 0.25) is 0 Å². The summed E-state index contributed by atoms with van der Waals surface area (Å²) < 4.78 is 24.4. The number of rotatable bonds is 4. The SMILES string of the molecule is COc1cccc(N(C)c2cc(OC)c(N)cc2F)c1. The second-order valence-electron chi connectivity index (χ2n) is 4.31. The molecule has 2 rings (SSSR count). The number of nitrogens with zero attached hydrogens (tertiary/aromatic N) is 1. The van der Waals surface area contributed by atoms with Crippen molar-refractivity contribution in [1.29, 1.82) is 0 Å². The lowest BCUT2D eigenvalue weighted by Crippen LogP contribution is -2.12. The molecule has 0 saturated carbocycles. The van der Waals surface area contributed by atoms with Crippen LogP contribution in [0.25, 0.3) is 0 Å². The van der Waals surface area contributed by atoms with E-state index in [2.05, 4.69) is 0 Å². The second-order valence-corrected chi connectivity index (χ2v) is 4.31. The van der Waals surface area contributed by atoms with Gasteiger partial charge in [0.25, 0.3) is 0 Å². The van der Waals surface area contributed by atoms with E-state index in [9.17, 15) is 4.39 Å². The van der Waals surface area contributed by atoms with Crippen LogP contribution in [-0.2, 0) is 0 Å². The van der Waals surface area contributed by atoms with E-state index in [1.165, 1.54) is 13.2 Å². The second kappa shape index (κ2) is 5.69. The van der Waals surface area contributed by atoms with Gasteiger partial charge in [0, 0.05) is 30.9 Å². The third kappa shape index (κ3) is 2.61. The molecule has 2 N–H and O–H groups in total. The number of hydrogen-bond donors (Lipinski definition) is 1. The molecule has 0 bridgehead atoms. The summed E-state index contributed by atoms with van der Waals surface area (Å²) in [5.74, 6) is 0.738. The van der Waals surface area contributed by atoms with Crippen LogP contribution in [0.5, 0.6) is 11.5 Å². The van der Waals surface area contributed by atoms with Crippen molar-refractivity contribution in [2.75, 3.05) is 31.9 Å². The summed E-state index contributed by atoms with van der Waals surface area (Å²) in [5.41, 5.74) is 7.13. The van der Waals surface area contributed by atoms with Crippen molar-refractivity contribution in [3.8, 4) is 11.5 Å². The quantitative estimate of drug-likeness (QED) is 0.871. The van der Waals surface area contributed by atoms with Crippen LogP contribution in [0.4, 0.5) is 21.5 Å². The van der Waals surface area contributed by atoms with Crippen LogP contribution in [0.3, 0.4) is 0 Å². The van der Waals surface area contributed by atoms with Gasteiger partial charge in [-0.05, 0) is 12.1 Å². The molecular formula is C15H17FN2O2. The molecule has 0 aliphatic rings. The minimum atomic E-state index is -0.409. The topological polar surface area (TPSA) is 47.7 Å². The number of anilines is 3. The summed E-state index contributed by atoms with van der Waals surface area (Å²) in [6.07, 6.45) is 0. The lowest BCUT2D eigenvalue weighted by molar-refractivity contribution is 0.415. The van der Waals surface area contributed by atoms with Gasteiger partial charge in [0.15, 0.2) is 0 Å². The van der Waals surface area contributed by atoms with Crippen molar-refractivity contribution in [3.63, 3.8) is 0 Å². The van der Waals surface area contributed by atoms with Crippen LogP contribution in [0.1, 0.15) is 0 Å². The molecule has 0 aliphatic carbocycles. The lowest BCUT2D eigenvalue weighted by Gasteiger charge is -2.21. The number of hydrogen-bond acceptors (Lipinski definition) is 4. The Balaban J connectivity index is 2.44. The maximum Gasteiger partial charge on any atom is 0.149 e. The largest absolute Gasteiger partial charge is 0.497 e. The van der Waals surface area contributed by atoms with Crippen molar-refractivity contribution in [1.82, 2.24) is 0 Å². The smallest absolute Gasteiger partial charge is 0.149 e. The molecule has 0 saturated heterocycles. The molecule has 2 aromatic carbocycles. The van der Waals surface area contributed by atoms with Gasteiger partial charge in [0.05, 0.1) is 25.6 Å². The van der Waals surface area contributed by atoms with Crippen molar-refractivity contribution in [2.45, 2.75) is 0 Å². The van der Waals surface area contributed by atoms with Crippen LogP contribution in [0.15, 0.2) is 36.4 Å². The van der Waals surface area contributed by atoms with E-state index in [4.69, 9.17) is 15.2 Å². The van der Waals surface area contributed by atoms with E-state index < -0.39 is 5.82 Å². The maximum atomic E-state index is 14.1. The molecule has 5 heteroatoms. The Labute approximate surface area is 117 Å². The first-order chi connectivity index (χ1) is 9.56. The average molecular weight is 276 g/mol. The van der Waals surface area contributed by atoms with Gasteiger partial charge in [-0.15, -0.1) is 0 Å². The standard InChI is InChI=1S/C15H17FN2O2/c1-18(10-5-4-6-11(7-10)19-2)14-9-15(20-3)13(17)8-12(14)16/h4-9H,17H2,1-3H3. The number of halogens is 1. The molecule has 0 heterocycles. The van der Waals surface area contributed by atoms with Gasteiger partial charge in [-0.3, -0.25) is 0 Å². The van der Waals surface area contributed by atoms with Gasteiger partial charge in [-0.1, -0.05) is 6.07 Å². The first kappa shape index (κ1) is 14.0. The van der Waals surface area contributed by atoms with Gasteiger partial charge in [-0.25, -0.2) is 4.39 Å². The Bertz CT molecular complexity index is 617. The number of methoxy groups -OCH3 is 2. The molecule has 0 spiro atoms. The van der Waals surface area contributed by atoms with Crippen LogP contribution >= 0.6 is 0 Å². The molecule has 0 amide bonds. The van der Waals surface area contributed by atoms with E-state index >= 15 is 0 Å². The monoisotopic (exact) mass is 276 g/mol. The Morgan fingerprint density at radius 1 is 1.10 bits per heavy atom. The minimum absolute atomic E-state index is 0.271. The number of ether oxygens (including phenoxy) is 2. The third-order valence-electron chi connectivity index (χ3n) is 3.10. The third-order valence-corrected chi connectivity index (χ3v) is 3.10. The Morgan fingerprint density at radius 2 is 1.85 bits per heavy atom. The maximum absolute atomic E-state index is 14.1. The number of benzene rings is 2. The predicted octanol–water partition coefficient (Wildman–Crippen LogP) is 3.19. The fourth-order valence-corrected chi connectivity index (χ4v) is 1.95. The van der Waals surface area contributed by atoms with Crippen LogP contribution in [0, 0.1) is 5.82 Å². The Morgan fingerprint density at radius 3 is 2.50 bits per heavy atom. The van der Waals surface area contributed by atoms with Gasteiger partial charge in [0.1, 0.15) is 17.3 Å². The zero-order valence-electron chi connectivity index (χ0n) is 11.7. The van der Waals surface area contributed by atoms with Gasteiger partial charge >= 0.3 is 0 Å². The first-order valence-electron chi connectivity index (χ1n) is 6.07. The molecule has 20 heavy (non-hydrogen) atoms. The Hall–Kier alpha value is -2.43. The highest BCUT2D eigenvalue weighted by Gasteiger charge is 2.14. The number of nitrogens with two attached hydrogens (primary N) is 1. The molecule has 0 aliphatic heterocycles. The minimum Gasteiger partial charge on any atom is -0.497 e. The molecule has 0 unspecified atom stereocenters. The predicted molar refractivity (Wildman–Crippen MR) is 78.4 cm³/mol. The average Bonchev–Trinajstić information content (AvgIpc) is 2.47. The highest BCUT2D eigenvalue weighted by atomic mass is 19.1. The molecular weight excluding hydrogens is 259 g/mol. The summed E-state index contributed by atoms with van der Waals surface area (Å²) in [5, 5.41) is 0. The Kier molecular flexibility index (Phi) is 3.98. The zero-order valence-corrected chi connectivity index (χ0v) is 11.7. The van der Waals surface area contributed by atoms with Crippen molar-refractivity contribution >= 4 is 17.1 Å². The summed E-state index contributed by atoms with van der Waals surface area (Å²) >= 11 is 0. The van der Waals surface area contributed by atoms with E-state index in [1.807, 2.05) is 24.3 Å². The molecule has 106 valence electrons. The van der Waals surface area contributed by atoms with E-state index in [1.54, 1.807) is 25.1 Å². The molecule has 4 nitrogen and oxygen atoms in total. The zero-order chi connectivity index (χ0) is 14.7.